The van der Waals surface area contributed by atoms with E-state index in [1.807, 2.05) is 0 Å². The summed E-state index contributed by atoms with van der Waals surface area (Å²) in [4.78, 5) is 1.42. The molecule has 0 amide bonds. The van der Waals surface area contributed by atoms with Crippen molar-refractivity contribution in [3.05, 3.63) is 29.8 Å². The zero-order valence-electron chi connectivity index (χ0n) is 9.79. The molecule has 0 N–H and O–H groups in total. The van der Waals surface area contributed by atoms with E-state index in [9.17, 15) is 0 Å². The van der Waals surface area contributed by atoms with Gasteiger partial charge in [0.25, 0.3) is 0 Å². The highest BCUT2D eigenvalue weighted by atomic mass is 32.4. The Kier molecular flexibility index (Phi) is 3.84. The Balaban J connectivity index is 2.74. The Morgan fingerprint density at radius 1 is 1.00 bits per heavy atom. The van der Waals surface area contributed by atoms with Gasteiger partial charge in [0.2, 0.25) is 0 Å². The van der Waals surface area contributed by atoms with E-state index in [0.29, 0.717) is 5.92 Å². The molecule has 0 unspecified atom stereocenters. The summed E-state index contributed by atoms with van der Waals surface area (Å²) in [5, 5.41) is 0. The van der Waals surface area contributed by atoms with E-state index >= 15 is 0 Å². The summed E-state index contributed by atoms with van der Waals surface area (Å²) >= 11 is 2.06. The smallest absolute Gasteiger partial charge is 0.114 e. The second kappa shape index (κ2) is 4.54. The van der Waals surface area contributed by atoms with Crippen LogP contribution in [0.5, 0.6) is 0 Å². The lowest BCUT2D eigenvalue weighted by Crippen LogP contribution is -2.13. The summed E-state index contributed by atoms with van der Waals surface area (Å²) in [6.45, 7) is 11.6. The van der Waals surface area contributed by atoms with Crippen molar-refractivity contribution in [2.24, 2.45) is 0 Å². The molecule has 0 radical (unpaired) electrons. The van der Waals surface area contributed by atoms with Gasteiger partial charge in [0.05, 0.1) is 0 Å². The molecule has 1 aromatic rings. The van der Waals surface area contributed by atoms with Gasteiger partial charge in [-0.2, -0.15) is 11.2 Å². The Morgan fingerprint density at radius 2 is 1.50 bits per heavy atom. The summed E-state index contributed by atoms with van der Waals surface area (Å²) in [5.74, 6) is 0.640. The van der Waals surface area contributed by atoms with E-state index < -0.39 is 7.22 Å². The molecule has 0 saturated heterocycles. The van der Waals surface area contributed by atoms with Crippen LogP contribution in [0, 0.1) is 0 Å². The maximum atomic E-state index is 2.38. The molecule has 0 aliphatic heterocycles. The van der Waals surface area contributed by atoms with Crippen LogP contribution in [-0.4, -0.2) is 7.22 Å². The van der Waals surface area contributed by atoms with Crippen molar-refractivity contribution < 1.29 is 0 Å². The first-order chi connectivity index (χ1) is 6.38. The van der Waals surface area contributed by atoms with E-state index in [1.54, 1.807) is 0 Å². The van der Waals surface area contributed by atoms with Crippen molar-refractivity contribution in [3.63, 3.8) is 0 Å². The Morgan fingerprint density at radius 3 is 1.86 bits per heavy atom. The van der Waals surface area contributed by atoms with Crippen LogP contribution in [0.15, 0.2) is 29.2 Å². The Hall–Kier alpha value is -0.213. The maximum absolute atomic E-state index is 2.38. The summed E-state index contributed by atoms with van der Waals surface area (Å²) in [6.07, 6.45) is 0. The van der Waals surface area contributed by atoms with E-state index in [0.717, 1.165) is 0 Å². The molecule has 0 nitrogen and oxygen atoms in total. The van der Waals surface area contributed by atoms with Gasteiger partial charge in [-0.3, -0.25) is 0 Å². The fourth-order valence-electron chi connectivity index (χ4n) is 1.27. The Bertz CT molecular complexity index is 282. The monoisotopic (exact) mass is 224 g/mol. The summed E-state index contributed by atoms with van der Waals surface area (Å²) < 4.78 is 0. The Labute approximate surface area is 92.8 Å². The molecule has 0 aromatic heterocycles. The van der Waals surface area contributed by atoms with Crippen LogP contribution in [-0.2, 0) is 0 Å². The molecule has 0 heterocycles. The first-order valence-electron chi connectivity index (χ1n) is 5.17. The zero-order valence-corrected chi connectivity index (χ0v) is 11.6. The van der Waals surface area contributed by atoms with Crippen molar-refractivity contribution in [1.29, 1.82) is 0 Å². The number of rotatable bonds is 3. The lowest BCUT2D eigenvalue weighted by Gasteiger charge is -2.15. The van der Waals surface area contributed by atoms with Crippen LogP contribution in [0.3, 0.4) is 0 Å². The van der Waals surface area contributed by atoms with E-state index in [2.05, 4.69) is 69.0 Å². The zero-order chi connectivity index (χ0) is 10.8. The number of benzene rings is 1. The second-order valence-corrected chi connectivity index (χ2v) is 14.1. The first-order valence-corrected chi connectivity index (χ1v) is 10.2. The standard InChI is InChI=1S/C12H20SSi/c1-10(2)11-6-8-12(9-7-11)13-14(3,4)5/h6-10H,1-5H3. The predicted molar refractivity (Wildman–Crippen MR) is 69.7 cm³/mol. The SMILES string of the molecule is CC(C)c1ccc(S[Si](C)(C)C)cc1. The molecule has 78 valence electrons. The van der Waals surface area contributed by atoms with Gasteiger partial charge in [-0.05, 0) is 23.6 Å². The van der Waals surface area contributed by atoms with Gasteiger partial charge < -0.3 is 0 Å². The third kappa shape index (κ3) is 3.89. The van der Waals surface area contributed by atoms with Gasteiger partial charge in [-0.1, -0.05) is 45.6 Å². The summed E-state index contributed by atoms with van der Waals surface area (Å²) in [7, 11) is -1.03. The minimum absolute atomic E-state index is 0.640. The van der Waals surface area contributed by atoms with Gasteiger partial charge in [0.1, 0.15) is 7.22 Å². The van der Waals surface area contributed by atoms with E-state index in [4.69, 9.17) is 0 Å². The maximum Gasteiger partial charge on any atom is 0.114 e. The largest absolute Gasteiger partial charge is 0.152 e. The van der Waals surface area contributed by atoms with Crippen molar-refractivity contribution in [1.82, 2.24) is 0 Å². The third-order valence-corrected chi connectivity index (χ3v) is 5.64. The highest BCUT2D eigenvalue weighted by molar-refractivity contribution is 8.28. The van der Waals surface area contributed by atoms with Gasteiger partial charge >= 0.3 is 0 Å². The molecular weight excluding hydrogens is 204 g/mol. The molecule has 0 bridgehead atoms. The molecule has 0 aliphatic carbocycles. The quantitative estimate of drug-likeness (QED) is 0.668. The fraction of sp³-hybridized carbons (Fsp3) is 0.500. The van der Waals surface area contributed by atoms with E-state index in [-0.39, 0.29) is 0 Å². The second-order valence-electron chi connectivity index (χ2n) is 4.94. The van der Waals surface area contributed by atoms with Crippen LogP contribution in [0.1, 0.15) is 25.3 Å². The minimum atomic E-state index is -1.03. The van der Waals surface area contributed by atoms with Gasteiger partial charge in [0.15, 0.2) is 0 Å². The summed E-state index contributed by atoms with van der Waals surface area (Å²) in [6, 6.07) is 9.04. The third-order valence-electron chi connectivity index (χ3n) is 1.97. The van der Waals surface area contributed by atoms with Crippen LogP contribution < -0.4 is 0 Å². The summed E-state index contributed by atoms with van der Waals surface area (Å²) in [5.41, 5.74) is 1.44. The molecule has 14 heavy (non-hydrogen) atoms. The van der Waals surface area contributed by atoms with Crippen LogP contribution in [0.2, 0.25) is 19.6 Å². The van der Waals surface area contributed by atoms with Crippen LogP contribution >= 0.6 is 11.2 Å². The highest BCUT2D eigenvalue weighted by Gasteiger charge is 2.14. The molecule has 0 fully saturated rings. The fourth-order valence-corrected chi connectivity index (χ4v) is 4.78. The first kappa shape index (κ1) is 11.9. The van der Waals surface area contributed by atoms with Crippen molar-refractivity contribution >= 4 is 18.4 Å². The van der Waals surface area contributed by atoms with Crippen LogP contribution in [0.25, 0.3) is 0 Å². The molecular formula is C12H20SSi. The normalized spacial score (nSPS) is 12.1. The van der Waals surface area contributed by atoms with E-state index in [1.165, 1.54) is 10.5 Å². The lowest BCUT2D eigenvalue weighted by molar-refractivity contribution is 0.865. The predicted octanol–water partition coefficient (Wildman–Crippen LogP) is 4.74. The van der Waals surface area contributed by atoms with Crippen LogP contribution in [0.4, 0.5) is 0 Å². The minimum Gasteiger partial charge on any atom is -0.152 e. The average Bonchev–Trinajstić information content (AvgIpc) is 2.02. The van der Waals surface area contributed by atoms with Crippen molar-refractivity contribution in [3.8, 4) is 0 Å². The lowest BCUT2D eigenvalue weighted by atomic mass is 10.0. The molecule has 0 aliphatic rings. The molecule has 0 spiro atoms. The molecule has 1 aromatic carbocycles. The van der Waals surface area contributed by atoms with Crippen molar-refractivity contribution in [2.75, 3.05) is 0 Å². The van der Waals surface area contributed by atoms with Crippen molar-refractivity contribution in [2.45, 2.75) is 44.3 Å². The van der Waals surface area contributed by atoms with Gasteiger partial charge in [-0.15, -0.1) is 0 Å². The van der Waals surface area contributed by atoms with Gasteiger partial charge in [-0.25, -0.2) is 0 Å². The number of hydrogen-bond donors (Lipinski definition) is 0. The number of hydrogen-bond acceptors (Lipinski definition) is 1. The molecule has 0 saturated carbocycles. The molecule has 0 atom stereocenters. The van der Waals surface area contributed by atoms with Gasteiger partial charge in [0, 0.05) is 4.90 Å². The average molecular weight is 224 g/mol. The molecule has 2 heteroatoms. The topological polar surface area (TPSA) is 0 Å². The highest BCUT2D eigenvalue weighted by Crippen LogP contribution is 2.29. The molecule has 1 rings (SSSR count).